The number of carbonyl (C=O) groups excluding carboxylic acids is 1. The van der Waals surface area contributed by atoms with Crippen LogP contribution in [-0.4, -0.2) is 17.9 Å². The quantitative estimate of drug-likeness (QED) is 0.905. The molecule has 2 N–H and O–H groups in total. The summed E-state index contributed by atoms with van der Waals surface area (Å²) >= 11 is 11.6. The second-order valence-electron chi connectivity index (χ2n) is 3.88. The van der Waals surface area contributed by atoms with Crippen LogP contribution < -0.4 is 10.6 Å². The molecule has 104 valence electrons. The van der Waals surface area contributed by atoms with E-state index in [1.165, 1.54) is 24.4 Å². The monoisotopic (exact) mass is 313 g/mol. The molecule has 1 aromatic carbocycles. The molecule has 0 saturated heterocycles. The lowest BCUT2D eigenvalue weighted by Gasteiger charge is -2.09. The van der Waals surface area contributed by atoms with Gasteiger partial charge in [0.05, 0.1) is 16.3 Å². The number of rotatable bonds is 3. The van der Waals surface area contributed by atoms with E-state index in [-0.39, 0.29) is 21.3 Å². The van der Waals surface area contributed by atoms with Gasteiger partial charge in [-0.15, -0.1) is 0 Å². The van der Waals surface area contributed by atoms with Gasteiger partial charge in [0.2, 0.25) is 0 Å². The molecule has 2 aromatic rings. The summed E-state index contributed by atoms with van der Waals surface area (Å²) in [5.41, 5.74) is 0.221. The van der Waals surface area contributed by atoms with Gasteiger partial charge in [-0.2, -0.15) is 0 Å². The van der Waals surface area contributed by atoms with Crippen molar-refractivity contribution in [3.63, 3.8) is 0 Å². The van der Waals surface area contributed by atoms with Crippen LogP contribution in [0.1, 0.15) is 10.4 Å². The number of carbonyl (C=O) groups is 1. The summed E-state index contributed by atoms with van der Waals surface area (Å²) in [5, 5.41) is 5.65. The molecule has 20 heavy (non-hydrogen) atoms. The largest absolute Gasteiger partial charge is 0.373 e. The SMILES string of the molecule is CNc1cc(C(=O)Nc2ccc(Cl)cc2F)c(Cl)cn1. The van der Waals surface area contributed by atoms with Crippen LogP contribution >= 0.6 is 23.2 Å². The highest BCUT2D eigenvalue weighted by atomic mass is 35.5. The molecule has 1 heterocycles. The van der Waals surface area contributed by atoms with E-state index in [0.29, 0.717) is 5.82 Å². The maximum Gasteiger partial charge on any atom is 0.257 e. The molecule has 0 fully saturated rings. The van der Waals surface area contributed by atoms with Crippen molar-refractivity contribution in [3.05, 3.63) is 51.9 Å². The molecule has 0 atom stereocenters. The van der Waals surface area contributed by atoms with Crippen molar-refractivity contribution in [2.24, 2.45) is 0 Å². The van der Waals surface area contributed by atoms with Gasteiger partial charge < -0.3 is 10.6 Å². The van der Waals surface area contributed by atoms with Crippen molar-refractivity contribution in [1.29, 1.82) is 0 Å². The van der Waals surface area contributed by atoms with Crippen LogP contribution in [-0.2, 0) is 0 Å². The van der Waals surface area contributed by atoms with Crippen LogP contribution in [0.2, 0.25) is 10.0 Å². The summed E-state index contributed by atoms with van der Waals surface area (Å²) in [6.45, 7) is 0. The zero-order valence-electron chi connectivity index (χ0n) is 10.4. The lowest BCUT2D eigenvalue weighted by molar-refractivity contribution is 0.102. The first-order valence-corrected chi connectivity index (χ1v) is 6.36. The summed E-state index contributed by atoms with van der Waals surface area (Å²) in [5.74, 6) is -0.670. The van der Waals surface area contributed by atoms with Crippen LogP contribution in [0, 0.1) is 5.82 Å². The summed E-state index contributed by atoms with van der Waals surface area (Å²) < 4.78 is 13.6. The number of benzene rings is 1. The highest BCUT2D eigenvalue weighted by Crippen LogP contribution is 2.22. The Labute approximate surface area is 124 Å². The maximum absolute atomic E-state index is 13.6. The first-order chi connectivity index (χ1) is 9.51. The van der Waals surface area contributed by atoms with Crippen molar-refractivity contribution in [2.45, 2.75) is 0 Å². The zero-order chi connectivity index (χ0) is 14.7. The van der Waals surface area contributed by atoms with E-state index in [0.717, 1.165) is 6.07 Å². The topological polar surface area (TPSA) is 54.0 Å². The predicted molar refractivity (Wildman–Crippen MR) is 78.2 cm³/mol. The molecule has 0 saturated carbocycles. The van der Waals surface area contributed by atoms with Crippen LogP contribution in [0.3, 0.4) is 0 Å². The Morgan fingerprint density at radius 2 is 2.05 bits per heavy atom. The second-order valence-corrected chi connectivity index (χ2v) is 4.72. The summed E-state index contributed by atoms with van der Waals surface area (Å²) in [4.78, 5) is 16.1. The van der Waals surface area contributed by atoms with E-state index in [1.807, 2.05) is 0 Å². The van der Waals surface area contributed by atoms with E-state index in [4.69, 9.17) is 23.2 Å². The van der Waals surface area contributed by atoms with Crippen molar-refractivity contribution >= 4 is 40.6 Å². The highest BCUT2D eigenvalue weighted by Gasteiger charge is 2.14. The Bertz CT molecular complexity index is 664. The third-order valence-electron chi connectivity index (χ3n) is 2.54. The van der Waals surface area contributed by atoms with Gasteiger partial charge in [0.1, 0.15) is 11.6 Å². The Balaban J connectivity index is 2.28. The molecule has 0 aliphatic carbocycles. The van der Waals surface area contributed by atoms with Gasteiger partial charge in [-0.3, -0.25) is 4.79 Å². The fourth-order valence-electron chi connectivity index (χ4n) is 1.53. The van der Waals surface area contributed by atoms with E-state index >= 15 is 0 Å². The average Bonchev–Trinajstić information content (AvgIpc) is 2.42. The van der Waals surface area contributed by atoms with Gasteiger partial charge in [0.25, 0.3) is 5.91 Å². The smallest absolute Gasteiger partial charge is 0.257 e. The molecule has 0 spiro atoms. The molecular weight excluding hydrogens is 304 g/mol. The normalized spacial score (nSPS) is 10.2. The van der Waals surface area contributed by atoms with Crippen LogP contribution in [0.15, 0.2) is 30.5 Å². The number of amides is 1. The highest BCUT2D eigenvalue weighted by molar-refractivity contribution is 6.34. The van der Waals surface area contributed by atoms with Crippen LogP contribution in [0.5, 0.6) is 0 Å². The standard InChI is InChI=1S/C13H10Cl2FN3O/c1-17-12-5-8(9(15)6-18-12)13(20)19-11-3-2-7(14)4-10(11)16/h2-6H,1H3,(H,17,18)(H,19,20). The first kappa shape index (κ1) is 14.6. The number of pyridine rings is 1. The van der Waals surface area contributed by atoms with Gasteiger partial charge in [-0.05, 0) is 24.3 Å². The number of hydrogen-bond acceptors (Lipinski definition) is 3. The fourth-order valence-corrected chi connectivity index (χ4v) is 1.88. The van der Waals surface area contributed by atoms with Crippen LogP contribution in [0.25, 0.3) is 0 Å². The molecule has 1 aromatic heterocycles. The van der Waals surface area contributed by atoms with Crippen molar-refractivity contribution in [2.75, 3.05) is 17.7 Å². The summed E-state index contributed by atoms with van der Waals surface area (Å²) in [6.07, 6.45) is 1.35. The van der Waals surface area contributed by atoms with Crippen molar-refractivity contribution in [1.82, 2.24) is 4.98 Å². The van der Waals surface area contributed by atoms with Gasteiger partial charge in [0.15, 0.2) is 0 Å². The van der Waals surface area contributed by atoms with Gasteiger partial charge in [-0.1, -0.05) is 23.2 Å². The molecule has 4 nitrogen and oxygen atoms in total. The lowest BCUT2D eigenvalue weighted by atomic mass is 10.2. The Morgan fingerprint density at radius 3 is 2.70 bits per heavy atom. The number of nitrogens with zero attached hydrogens (tertiary/aromatic N) is 1. The lowest BCUT2D eigenvalue weighted by Crippen LogP contribution is -2.14. The molecule has 0 bridgehead atoms. The number of aromatic nitrogens is 1. The first-order valence-electron chi connectivity index (χ1n) is 5.61. The molecule has 0 unspecified atom stereocenters. The van der Waals surface area contributed by atoms with Crippen LogP contribution in [0.4, 0.5) is 15.9 Å². The zero-order valence-corrected chi connectivity index (χ0v) is 11.9. The third-order valence-corrected chi connectivity index (χ3v) is 3.07. The Hall–Kier alpha value is -1.85. The minimum absolute atomic E-state index is 0.0262. The molecule has 0 radical (unpaired) electrons. The van der Waals surface area contributed by atoms with E-state index in [1.54, 1.807) is 7.05 Å². The number of anilines is 2. The van der Waals surface area contributed by atoms with E-state index in [9.17, 15) is 9.18 Å². The van der Waals surface area contributed by atoms with Crippen molar-refractivity contribution in [3.8, 4) is 0 Å². The van der Waals surface area contributed by atoms with Gasteiger partial charge >= 0.3 is 0 Å². The fraction of sp³-hybridized carbons (Fsp3) is 0.0769. The number of nitrogens with one attached hydrogen (secondary N) is 2. The summed E-state index contributed by atoms with van der Waals surface area (Å²) in [7, 11) is 1.66. The Kier molecular flexibility index (Phi) is 4.42. The number of hydrogen-bond donors (Lipinski definition) is 2. The van der Waals surface area contributed by atoms with E-state index < -0.39 is 11.7 Å². The molecule has 7 heteroatoms. The minimum atomic E-state index is -0.620. The minimum Gasteiger partial charge on any atom is -0.373 e. The van der Waals surface area contributed by atoms with Crippen molar-refractivity contribution < 1.29 is 9.18 Å². The molecule has 0 aliphatic rings. The number of halogens is 3. The molecule has 2 rings (SSSR count). The molecule has 0 aliphatic heterocycles. The second kappa shape index (κ2) is 6.07. The molecule has 1 amide bonds. The Morgan fingerprint density at radius 1 is 1.30 bits per heavy atom. The van der Waals surface area contributed by atoms with Gasteiger partial charge in [-0.25, -0.2) is 9.37 Å². The average molecular weight is 314 g/mol. The third kappa shape index (κ3) is 3.18. The predicted octanol–water partition coefficient (Wildman–Crippen LogP) is 3.82. The van der Waals surface area contributed by atoms with E-state index in [2.05, 4.69) is 15.6 Å². The van der Waals surface area contributed by atoms with Gasteiger partial charge in [0, 0.05) is 18.3 Å². The molecular formula is C13H10Cl2FN3O. The maximum atomic E-state index is 13.6. The summed E-state index contributed by atoms with van der Waals surface area (Å²) in [6, 6.07) is 5.45.